The second kappa shape index (κ2) is 8.31. The minimum atomic E-state index is -1.02. The minimum absolute atomic E-state index is 0.0960. The second-order valence-electron chi connectivity index (χ2n) is 5.18. The average molecular weight is 470 g/mol. The van der Waals surface area contributed by atoms with E-state index in [-0.39, 0.29) is 20.8 Å². The molecular weight excluding hydrogens is 460 g/mol. The highest BCUT2D eigenvalue weighted by atomic mass is 79.9. The summed E-state index contributed by atoms with van der Waals surface area (Å²) in [4.78, 5) is 23.8. The number of nitrogens with zero attached hydrogens (tertiary/aromatic N) is 1. The first kappa shape index (κ1) is 19.7. The van der Waals surface area contributed by atoms with Crippen LogP contribution >= 0.6 is 27.5 Å². The molecule has 11 heteroatoms. The van der Waals surface area contributed by atoms with Gasteiger partial charge < -0.3 is 15.2 Å². The molecule has 0 aliphatic carbocycles. The molecule has 2 aromatic carbocycles. The molecule has 3 N–H and O–H groups in total. The van der Waals surface area contributed by atoms with Gasteiger partial charge in [0.15, 0.2) is 11.6 Å². The van der Waals surface area contributed by atoms with Gasteiger partial charge in [0.05, 0.1) is 0 Å². The number of anilines is 1. The summed E-state index contributed by atoms with van der Waals surface area (Å²) in [5.74, 6) is -4.01. The lowest BCUT2D eigenvalue weighted by molar-refractivity contribution is 0.0998. The molecule has 0 saturated carbocycles. The van der Waals surface area contributed by atoms with Crippen molar-refractivity contribution < 1.29 is 27.8 Å². The molecular formula is C17H10BrF2N3O4S. The van der Waals surface area contributed by atoms with Crippen LogP contribution in [0.15, 0.2) is 46.9 Å². The van der Waals surface area contributed by atoms with Gasteiger partial charge in [-0.1, -0.05) is 34.1 Å². The third-order valence-corrected chi connectivity index (χ3v) is 4.44. The highest BCUT2D eigenvalue weighted by Gasteiger charge is 2.25. The van der Waals surface area contributed by atoms with E-state index < -0.39 is 35.3 Å². The minimum Gasteiger partial charge on any atom is -0.431 e. The lowest BCUT2D eigenvalue weighted by Gasteiger charge is -2.08. The van der Waals surface area contributed by atoms with Gasteiger partial charge in [0.2, 0.25) is 11.6 Å². The normalized spacial score (nSPS) is 10.4. The Kier molecular flexibility index (Phi) is 5.85. The van der Waals surface area contributed by atoms with Gasteiger partial charge in [-0.15, -0.1) is 0 Å². The molecule has 0 fully saturated rings. The molecule has 0 unspecified atom stereocenters. The quantitative estimate of drug-likeness (QED) is 0.564. The fourth-order valence-corrected chi connectivity index (χ4v) is 3.20. The van der Waals surface area contributed by atoms with Crippen LogP contribution < -0.4 is 20.5 Å². The lowest BCUT2D eigenvalue weighted by atomic mass is 10.3. The Morgan fingerprint density at radius 3 is 2.39 bits per heavy atom. The van der Waals surface area contributed by atoms with Crippen LogP contribution in [0.5, 0.6) is 17.4 Å². The maximum atomic E-state index is 14.0. The van der Waals surface area contributed by atoms with Gasteiger partial charge in [0.1, 0.15) is 16.3 Å². The molecule has 0 aliphatic heterocycles. The van der Waals surface area contributed by atoms with Crippen molar-refractivity contribution >= 4 is 44.5 Å². The average Bonchev–Trinajstić information content (AvgIpc) is 3.01. The number of nitrogens with two attached hydrogens (primary N) is 1. The van der Waals surface area contributed by atoms with Crippen LogP contribution in [0.2, 0.25) is 0 Å². The maximum absolute atomic E-state index is 14.0. The number of nitrogens with one attached hydrogen (secondary N) is 1. The molecule has 0 spiro atoms. The fourth-order valence-electron chi connectivity index (χ4n) is 2.08. The van der Waals surface area contributed by atoms with Gasteiger partial charge in [0.25, 0.3) is 5.91 Å². The van der Waals surface area contributed by atoms with Crippen molar-refractivity contribution in [2.75, 3.05) is 5.32 Å². The molecule has 144 valence electrons. The Morgan fingerprint density at radius 2 is 1.79 bits per heavy atom. The molecule has 0 bridgehead atoms. The van der Waals surface area contributed by atoms with E-state index in [4.69, 9.17) is 15.2 Å². The predicted octanol–water partition coefficient (Wildman–Crippen LogP) is 4.69. The standard InChI is InChI=1S/C17H10BrF2N3O4S/c18-8-6-10(19)13(11(20)7-8)27-15-12(14(21)24)16(28-23-15)22-17(25)26-9-4-2-1-3-5-9/h1-7H,(H2,21,24)(H,22,25). The lowest BCUT2D eigenvalue weighted by Crippen LogP contribution is -2.19. The van der Waals surface area contributed by atoms with Crippen LogP contribution in [-0.4, -0.2) is 16.4 Å². The number of halogens is 3. The summed E-state index contributed by atoms with van der Waals surface area (Å²) in [5.41, 5.74) is 4.95. The number of aromatic nitrogens is 1. The fraction of sp³-hybridized carbons (Fsp3) is 0. The summed E-state index contributed by atoms with van der Waals surface area (Å²) in [7, 11) is 0. The Hall–Kier alpha value is -3.05. The monoisotopic (exact) mass is 469 g/mol. The zero-order chi connectivity index (χ0) is 20.3. The third-order valence-electron chi connectivity index (χ3n) is 3.24. The zero-order valence-corrected chi connectivity index (χ0v) is 16.1. The molecule has 0 saturated heterocycles. The first-order valence-corrected chi connectivity index (χ1v) is 9.07. The number of rotatable bonds is 5. The van der Waals surface area contributed by atoms with Crippen LogP contribution in [0.3, 0.4) is 0 Å². The number of primary amides is 1. The van der Waals surface area contributed by atoms with Gasteiger partial charge in [-0.25, -0.2) is 13.6 Å². The van der Waals surface area contributed by atoms with Crippen molar-refractivity contribution in [3.05, 3.63) is 64.1 Å². The first-order chi connectivity index (χ1) is 13.3. The van der Waals surface area contributed by atoms with Crippen LogP contribution in [0, 0.1) is 11.6 Å². The first-order valence-electron chi connectivity index (χ1n) is 7.51. The van der Waals surface area contributed by atoms with Crippen molar-refractivity contribution in [1.82, 2.24) is 4.37 Å². The van der Waals surface area contributed by atoms with Crippen molar-refractivity contribution in [2.24, 2.45) is 5.73 Å². The summed E-state index contributed by atoms with van der Waals surface area (Å²) >= 11 is 3.58. The number of para-hydroxylation sites is 1. The second-order valence-corrected chi connectivity index (χ2v) is 6.87. The molecule has 1 heterocycles. The van der Waals surface area contributed by atoms with Crippen LogP contribution in [0.4, 0.5) is 18.6 Å². The van der Waals surface area contributed by atoms with E-state index in [0.29, 0.717) is 11.5 Å². The van der Waals surface area contributed by atoms with Crippen molar-refractivity contribution in [2.45, 2.75) is 0 Å². The van der Waals surface area contributed by atoms with E-state index in [0.717, 1.165) is 12.1 Å². The van der Waals surface area contributed by atoms with Gasteiger partial charge in [-0.2, -0.15) is 4.37 Å². The van der Waals surface area contributed by atoms with E-state index in [1.165, 1.54) is 0 Å². The SMILES string of the molecule is NC(=O)c1c(Oc2c(F)cc(Br)cc2F)nsc1NC(=O)Oc1ccccc1. The van der Waals surface area contributed by atoms with Gasteiger partial charge in [-0.05, 0) is 35.8 Å². The maximum Gasteiger partial charge on any atom is 0.417 e. The van der Waals surface area contributed by atoms with E-state index >= 15 is 0 Å². The molecule has 7 nitrogen and oxygen atoms in total. The zero-order valence-electron chi connectivity index (χ0n) is 13.7. The van der Waals surface area contributed by atoms with Crippen molar-refractivity contribution in [3.63, 3.8) is 0 Å². The Balaban J connectivity index is 1.84. The van der Waals surface area contributed by atoms with Gasteiger partial charge in [0, 0.05) is 4.47 Å². The molecule has 0 radical (unpaired) electrons. The van der Waals surface area contributed by atoms with Crippen molar-refractivity contribution in [3.8, 4) is 17.4 Å². The summed E-state index contributed by atoms with van der Waals surface area (Å²) in [6.07, 6.45) is -0.912. The summed E-state index contributed by atoms with van der Waals surface area (Å²) in [6.45, 7) is 0. The summed E-state index contributed by atoms with van der Waals surface area (Å²) < 4.78 is 42.0. The van der Waals surface area contributed by atoms with Gasteiger partial charge >= 0.3 is 6.09 Å². The van der Waals surface area contributed by atoms with E-state index in [9.17, 15) is 18.4 Å². The summed E-state index contributed by atoms with van der Waals surface area (Å²) in [5, 5.41) is 2.21. The van der Waals surface area contributed by atoms with Gasteiger partial charge in [-0.3, -0.25) is 10.1 Å². The molecule has 3 aromatic rings. The third kappa shape index (κ3) is 4.43. The highest BCUT2D eigenvalue weighted by Crippen LogP contribution is 2.36. The Bertz CT molecular complexity index is 1020. The Labute approximate surface area is 169 Å². The number of hydrogen-bond acceptors (Lipinski definition) is 6. The van der Waals surface area contributed by atoms with Crippen LogP contribution in [0.25, 0.3) is 0 Å². The van der Waals surface area contributed by atoms with E-state index in [1.807, 2.05) is 0 Å². The molecule has 2 amide bonds. The predicted molar refractivity (Wildman–Crippen MR) is 101 cm³/mol. The van der Waals surface area contributed by atoms with Crippen molar-refractivity contribution in [1.29, 1.82) is 0 Å². The molecule has 3 rings (SSSR count). The number of carbonyl (C=O) groups is 2. The number of benzene rings is 2. The number of hydrogen-bond donors (Lipinski definition) is 2. The number of carbonyl (C=O) groups excluding carboxylic acids is 2. The Morgan fingerprint density at radius 1 is 1.14 bits per heavy atom. The smallest absolute Gasteiger partial charge is 0.417 e. The molecule has 0 aliphatic rings. The van der Waals surface area contributed by atoms with E-state index in [1.54, 1.807) is 30.3 Å². The highest BCUT2D eigenvalue weighted by molar-refractivity contribution is 9.10. The van der Waals surface area contributed by atoms with E-state index in [2.05, 4.69) is 25.6 Å². The topological polar surface area (TPSA) is 104 Å². The summed E-state index contributed by atoms with van der Waals surface area (Å²) in [6, 6.07) is 10.1. The molecule has 0 atom stereocenters. The van der Waals surface area contributed by atoms with Crippen LogP contribution in [-0.2, 0) is 0 Å². The largest absolute Gasteiger partial charge is 0.431 e. The van der Waals surface area contributed by atoms with Crippen LogP contribution in [0.1, 0.15) is 10.4 Å². The molecule has 28 heavy (non-hydrogen) atoms. The number of ether oxygens (including phenoxy) is 2. The number of amides is 2. The molecule has 1 aromatic heterocycles.